The second-order valence-corrected chi connectivity index (χ2v) is 7.10. The van der Waals surface area contributed by atoms with E-state index in [1.165, 1.54) is 18.7 Å². The summed E-state index contributed by atoms with van der Waals surface area (Å²) in [7, 11) is 0. The number of carbonyl (C=O) groups excluding carboxylic acids is 3. The van der Waals surface area contributed by atoms with Gasteiger partial charge in [-0.1, -0.05) is 46.3 Å². The molecule has 2 aromatic rings. The zero-order valence-corrected chi connectivity index (χ0v) is 15.6. The van der Waals surface area contributed by atoms with E-state index in [9.17, 15) is 14.4 Å². The predicted molar refractivity (Wildman–Crippen MR) is 99.9 cm³/mol. The first-order chi connectivity index (χ1) is 11.9. The lowest BCUT2D eigenvalue weighted by Crippen LogP contribution is -2.43. The number of rotatable bonds is 4. The summed E-state index contributed by atoms with van der Waals surface area (Å²) >= 11 is 3.52. The summed E-state index contributed by atoms with van der Waals surface area (Å²) in [4.78, 5) is 38.9. The molecule has 0 saturated carbocycles. The van der Waals surface area contributed by atoms with Gasteiger partial charge in [0.25, 0.3) is 0 Å². The monoisotopic (exact) mass is 399 g/mol. The first-order valence-corrected chi connectivity index (χ1v) is 8.88. The zero-order valence-electron chi connectivity index (χ0n) is 14.0. The van der Waals surface area contributed by atoms with Crippen LogP contribution < -0.4 is 4.90 Å². The minimum atomic E-state index is -0.711. The number of hydrogen-bond donors (Lipinski definition) is 0. The van der Waals surface area contributed by atoms with Gasteiger partial charge in [-0.2, -0.15) is 0 Å². The SMILES string of the molecule is CC(=O)C[C@@H](c1ccccc1Br)[C@@H]1C(=O)c2ccccc2N1C(C)=O. The molecule has 4 nitrogen and oxygen atoms in total. The molecule has 0 radical (unpaired) electrons. The Morgan fingerprint density at radius 2 is 1.72 bits per heavy atom. The number of hydrogen-bond acceptors (Lipinski definition) is 3. The molecule has 0 N–H and O–H groups in total. The van der Waals surface area contributed by atoms with Crippen molar-refractivity contribution >= 4 is 39.1 Å². The summed E-state index contributed by atoms with van der Waals surface area (Å²) in [5.74, 6) is -0.749. The van der Waals surface area contributed by atoms with Crippen LogP contribution >= 0.6 is 15.9 Å². The number of Topliss-reactive ketones (excluding diaryl/α,β-unsaturated/α-hetero) is 2. The van der Waals surface area contributed by atoms with Gasteiger partial charge in [-0.3, -0.25) is 9.59 Å². The van der Waals surface area contributed by atoms with Crippen molar-refractivity contribution in [3.8, 4) is 0 Å². The molecule has 0 unspecified atom stereocenters. The number of nitrogens with zero attached hydrogens (tertiary/aromatic N) is 1. The maximum Gasteiger partial charge on any atom is 0.224 e. The van der Waals surface area contributed by atoms with E-state index in [0.29, 0.717) is 11.3 Å². The van der Waals surface area contributed by atoms with Gasteiger partial charge in [0, 0.05) is 29.3 Å². The third kappa shape index (κ3) is 3.16. The van der Waals surface area contributed by atoms with E-state index >= 15 is 0 Å². The molecular weight excluding hydrogens is 382 g/mol. The van der Waals surface area contributed by atoms with Crippen LogP contribution in [0.15, 0.2) is 53.0 Å². The van der Waals surface area contributed by atoms with Crippen molar-refractivity contribution in [2.24, 2.45) is 0 Å². The molecule has 0 spiro atoms. The highest BCUT2D eigenvalue weighted by molar-refractivity contribution is 9.10. The van der Waals surface area contributed by atoms with Crippen LogP contribution in [0.2, 0.25) is 0 Å². The number of halogens is 1. The maximum absolute atomic E-state index is 13.1. The molecule has 1 heterocycles. The van der Waals surface area contributed by atoms with Crippen molar-refractivity contribution in [3.63, 3.8) is 0 Å². The molecule has 1 aliphatic rings. The lowest BCUT2D eigenvalue weighted by atomic mass is 9.84. The molecule has 0 fully saturated rings. The van der Waals surface area contributed by atoms with Gasteiger partial charge in [-0.15, -0.1) is 0 Å². The number of ketones is 2. The smallest absolute Gasteiger partial charge is 0.224 e. The Labute approximate surface area is 155 Å². The van der Waals surface area contributed by atoms with E-state index in [2.05, 4.69) is 15.9 Å². The van der Waals surface area contributed by atoms with Crippen LogP contribution in [0, 0.1) is 0 Å². The highest BCUT2D eigenvalue weighted by Gasteiger charge is 2.45. The summed E-state index contributed by atoms with van der Waals surface area (Å²) in [6.45, 7) is 2.96. The summed E-state index contributed by atoms with van der Waals surface area (Å²) in [5, 5.41) is 0. The Bertz CT molecular complexity index is 862. The number of fused-ring (bicyclic) bond motifs is 1. The van der Waals surface area contributed by atoms with E-state index in [1.807, 2.05) is 30.3 Å². The van der Waals surface area contributed by atoms with Gasteiger partial charge in [0.2, 0.25) is 5.91 Å². The van der Waals surface area contributed by atoms with Crippen LogP contribution in [-0.4, -0.2) is 23.5 Å². The van der Waals surface area contributed by atoms with Crippen LogP contribution in [0.3, 0.4) is 0 Å². The summed E-state index contributed by atoms with van der Waals surface area (Å²) < 4.78 is 0.827. The molecule has 0 aromatic heterocycles. The lowest BCUT2D eigenvalue weighted by Gasteiger charge is -2.30. The number of anilines is 1. The molecule has 5 heteroatoms. The van der Waals surface area contributed by atoms with Gasteiger partial charge in [0.05, 0.1) is 5.69 Å². The van der Waals surface area contributed by atoms with E-state index in [0.717, 1.165) is 10.0 Å². The number of amides is 1. The average Bonchev–Trinajstić information content (AvgIpc) is 2.86. The highest BCUT2D eigenvalue weighted by Crippen LogP contribution is 2.41. The average molecular weight is 400 g/mol. The largest absolute Gasteiger partial charge is 0.300 e. The first kappa shape index (κ1) is 17.5. The Kier molecular flexibility index (Phi) is 4.86. The van der Waals surface area contributed by atoms with E-state index < -0.39 is 12.0 Å². The Morgan fingerprint density at radius 3 is 2.36 bits per heavy atom. The van der Waals surface area contributed by atoms with E-state index in [-0.39, 0.29) is 23.9 Å². The van der Waals surface area contributed by atoms with Crippen LogP contribution in [0.5, 0.6) is 0 Å². The molecule has 0 aliphatic carbocycles. The molecule has 3 rings (SSSR count). The normalized spacial score (nSPS) is 17.3. The van der Waals surface area contributed by atoms with Gasteiger partial charge >= 0.3 is 0 Å². The van der Waals surface area contributed by atoms with Crippen molar-refractivity contribution in [3.05, 3.63) is 64.1 Å². The minimum absolute atomic E-state index is 0.0204. The van der Waals surface area contributed by atoms with Gasteiger partial charge in [-0.05, 0) is 30.7 Å². The van der Waals surface area contributed by atoms with Gasteiger partial charge in [0.15, 0.2) is 5.78 Å². The summed E-state index contributed by atoms with van der Waals surface area (Å²) in [6, 6.07) is 13.9. The zero-order chi connectivity index (χ0) is 18.1. The van der Waals surface area contributed by atoms with Crippen molar-refractivity contribution in [1.29, 1.82) is 0 Å². The second kappa shape index (κ2) is 6.92. The van der Waals surface area contributed by atoms with E-state index in [1.54, 1.807) is 18.2 Å². The molecule has 2 aromatic carbocycles. The predicted octanol–water partition coefficient (Wildman–Crippen LogP) is 4.13. The van der Waals surface area contributed by atoms with E-state index in [4.69, 9.17) is 0 Å². The molecule has 0 saturated heterocycles. The topological polar surface area (TPSA) is 54.5 Å². The number of carbonyl (C=O) groups is 3. The molecule has 1 amide bonds. The summed E-state index contributed by atoms with van der Waals surface area (Å²) in [5.41, 5.74) is 2.00. The number of para-hydroxylation sites is 1. The summed E-state index contributed by atoms with van der Waals surface area (Å²) in [6.07, 6.45) is 0.191. The highest BCUT2D eigenvalue weighted by atomic mass is 79.9. The van der Waals surface area contributed by atoms with Crippen molar-refractivity contribution in [1.82, 2.24) is 0 Å². The Balaban J connectivity index is 2.15. The van der Waals surface area contributed by atoms with Gasteiger partial charge in [-0.25, -0.2) is 0 Å². The number of benzene rings is 2. The fraction of sp³-hybridized carbons (Fsp3) is 0.250. The molecule has 0 bridgehead atoms. The molecular formula is C20H18BrNO3. The second-order valence-electron chi connectivity index (χ2n) is 6.25. The van der Waals surface area contributed by atoms with Gasteiger partial charge < -0.3 is 9.69 Å². The molecule has 2 atom stereocenters. The minimum Gasteiger partial charge on any atom is -0.300 e. The van der Waals surface area contributed by atoms with Crippen LogP contribution in [-0.2, 0) is 9.59 Å². The molecule has 1 aliphatic heterocycles. The Morgan fingerprint density at radius 1 is 1.08 bits per heavy atom. The fourth-order valence-corrected chi connectivity index (χ4v) is 4.10. The van der Waals surface area contributed by atoms with Crippen molar-refractivity contribution in [2.75, 3.05) is 4.90 Å². The van der Waals surface area contributed by atoms with Crippen LogP contribution in [0.4, 0.5) is 5.69 Å². The standard InChI is InChI=1S/C20H18BrNO3/c1-12(23)11-16(14-7-3-5-9-17(14)21)19-20(25)15-8-4-6-10-18(15)22(19)13(2)24/h3-10,16,19H,11H2,1-2H3/t16-,19+/m0/s1. The first-order valence-electron chi connectivity index (χ1n) is 8.08. The quantitative estimate of drug-likeness (QED) is 0.776. The Hall–Kier alpha value is -2.27. The van der Waals surface area contributed by atoms with Gasteiger partial charge in [0.1, 0.15) is 11.8 Å². The maximum atomic E-state index is 13.1. The fourth-order valence-electron chi connectivity index (χ4n) is 3.52. The van der Waals surface area contributed by atoms with Crippen LogP contribution in [0.25, 0.3) is 0 Å². The van der Waals surface area contributed by atoms with Crippen LogP contribution in [0.1, 0.15) is 42.1 Å². The third-order valence-corrected chi connectivity index (χ3v) is 5.23. The lowest BCUT2D eigenvalue weighted by molar-refractivity contribution is -0.119. The molecule has 25 heavy (non-hydrogen) atoms. The van der Waals surface area contributed by atoms with Crippen molar-refractivity contribution in [2.45, 2.75) is 32.2 Å². The third-order valence-electron chi connectivity index (χ3n) is 4.51. The molecule has 128 valence electrons. The van der Waals surface area contributed by atoms with Crippen molar-refractivity contribution < 1.29 is 14.4 Å².